The second kappa shape index (κ2) is 17.3. The molecule has 0 unspecified atom stereocenters. The second-order valence-corrected chi connectivity index (χ2v) is 0.908. The molecular weight excluding hydrogens is 88.1 g/mol. The molecule has 0 saturated carbocycles. The van der Waals surface area contributed by atoms with Gasteiger partial charge in [-0.15, -0.1) is 0 Å². The molecule has 0 spiro atoms. The Kier molecular flexibility index (Phi) is 39.5. The molecule has 0 saturated heterocycles. The maximum absolute atomic E-state index is 9.44. The monoisotopic (exact) mass is 104 g/mol. The van der Waals surface area contributed by atoms with Crippen LogP contribution in [-0.4, -0.2) is 5.78 Å². The molecule has 0 aromatic heterocycles. The minimum absolute atomic E-state index is 0. The van der Waals surface area contributed by atoms with Gasteiger partial charge >= 0.3 is 0 Å². The average molecular weight is 104 g/mol. The van der Waals surface area contributed by atoms with Gasteiger partial charge in [0, 0.05) is 0 Å². The minimum Gasteiger partial charge on any atom is -0.300 e. The van der Waals surface area contributed by atoms with Crippen LogP contribution < -0.4 is 0 Å². The third kappa shape index (κ3) is 701. The maximum Gasteiger partial charge on any atom is 0.126 e. The zero-order valence-corrected chi connectivity index (χ0v) is 4.91. The van der Waals surface area contributed by atoms with Crippen LogP contribution in [0.1, 0.15) is 35.1 Å². The first-order chi connectivity index (χ1) is 2.73. The van der Waals surface area contributed by atoms with E-state index in [4.69, 9.17) is 0 Å². The molecule has 0 aliphatic rings. The molecule has 0 aromatic rings. The summed E-state index contributed by atoms with van der Waals surface area (Å²) in [6.07, 6.45) is 0. The van der Waals surface area contributed by atoms with Crippen molar-refractivity contribution in [2.75, 3.05) is 0 Å². The third-order valence-corrected chi connectivity index (χ3v) is 0. The third-order valence-electron chi connectivity index (χ3n) is 0. The summed E-state index contributed by atoms with van der Waals surface area (Å²) in [5.41, 5.74) is 0. The van der Waals surface area contributed by atoms with E-state index in [9.17, 15) is 4.79 Å². The lowest BCUT2D eigenvalue weighted by atomic mass is 10.6. The van der Waals surface area contributed by atoms with Gasteiger partial charge in [-0.3, -0.25) is 0 Å². The van der Waals surface area contributed by atoms with Crippen molar-refractivity contribution in [1.82, 2.24) is 0 Å². The molecule has 46 valence electrons. The van der Waals surface area contributed by atoms with Crippen LogP contribution in [0.5, 0.6) is 0 Å². The lowest BCUT2D eigenvalue weighted by molar-refractivity contribution is -0.114. The van der Waals surface area contributed by atoms with Gasteiger partial charge in [0.15, 0.2) is 0 Å². The van der Waals surface area contributed by atoms with Crippen molar-refractivity contribution in [3.05, 3.63) is 0 Å². The van der Waals surface area contributed by atoms with Gasteiger partial charge in [0.05, 0.1) is 0 Å². The SMILES string of the molecule is C.CC.CC(C)=O. The van der Waals surface area contributed by atoms with Gasteiger partial charge in [-0.2, -0.15) is 0 Å². The highest BCUT2D eigenvalue weighted by atomic mass is 16.1. The largest absolute Gasteiger partial charge is 0.300 e. The summed E-state index contributed by atoms with van der Waals surface area (Å²) in [6, 6.07) is 0. The molecule has 0 aromatic carbocycles. The van der Waals surface area contributed by atoms with Crippen LogP contribution >= 0.6 is 0 Å². The molecule has 0 aliphatic heterocycles. The van der Waals surface area contributed by atoms with Crippen molar-refractivity contribution < 1.29 is 4.79 Å². The highest BCUT2D eigenvalue weighted by molar-refractivity contribution is 5.72. The summed E-state index contributed by atoms with van der Waals surface area (Å²) in [5.74, 6) is 0.167. The van der Waals surface area contributed by atoms with E-state index in [1.54, 1.807) is 0 Å². The summed E-state index contributed by atoms with van der Waals surface area (Å²) >= 11 is 0. The van der Waals surface area contributed by atoms with E-state index in [-0.39, 0.29) is 13.2 Å². The summed E-state index contributed by atoms with van der Waals surface area (Å²) in [7, 11) is 0. The number of rotatable bonds is 0. The van der Waals surface area contributed by atoms with Crippen LogP contribution in [0.15, 0.2) is 0 Å². The predicted molar refractivity (Wildman–Crippen MR) is 34.4 cm³/mol. The molecule has 0 fully saturated rings. The zero-order valence-electron chi connectivity index (χ0n) is 4.91. The fourth-order valence-electron chi connectivity index (χ4n) is 0. The first-order valence-electron chi connectivity index (χ1n) is 2.20. The maximum atomic E-state index is 9.44. The fourth-order valence-corrected chi connectivity index (χ4v) is 0. The lowest BCUT2D eigenvalue weighted by Crippen LogP contribution is -1.69. The number of Topliss-reactive ketones (excluding diaryl/α,β-unsaturated/α-hetero) is 1. The standard InChI is InChI=1S/C3H6O.C2H6.CH4/c1-3(2)4;1-2;/h1-2H3;1-2H3;1H4. The van der Waals surface area contributed by atoms with Gasteiger partial charge in [-0.1, -0.05) is 21.3 Å². The molecule has 0 heterocycles. The van der Waals surface area contributed by atoms with Crippen molar-refractivity contribution >= 4 is 5.78 Å². The van der Waals surface area contributed by atoms with E-state index in [0.29, 0.717) is 0 Å². The summed E-state index contributed by atoms with van der Waals surface area (Å²) < 4.78 is 0. The average Bonchev–Trinajstić information content (AvgIpc) is 1.41. The Morgan fingerprint density at radius 1 is 1.14 bits per heavy atom. The van der Waals surface area contributed by atoms with Gasteiger partial charge < -0.3 is 4.79 Å². The Morgan fingerprint density at radius 3 is 1.14 bits per heavy atom. The number of hydrogen-bond donors (Lipinski definition) is 0. The topological polar surface area (TPSA) is 17.1 Å². The molecule has 0 bridgehead atoms. The Morgan fingerprint density at radius 2 is 1.14 bits per heavy atom. The Balaban J connectivity index is -0.0000000480. The molecule has 0 amide bonds. The highest BCUT2D eigenvalue weighted by Crippen LogP contribution is 1.50. The van der Waals surface area contributed by atoms with E-state index >= 15 is 0 Å². The highest BCUT2D eigenvalue weighted by Gasteiger charge is 1.62. The molecule has 7 heavy (non-hydrogen) atoms. The molecule has 1 heteroatoms. The number of ketones is 1. The Hall–Kier alpha value is -0.330. The van der Waals surface area contributed by atoms with E-state index < -0.39 is 0 Å². The fraction of sp³-hybridized carbons (Fsp3) is 0.833. The van der Waals surface area contributed by atoms with E-state index in [1.165, 1.54) is 13.8 Å². The second-order valence-electron chi connectivity index (χ2n) is 0.908. The van der Waals surface area contributed by atoms with E-state index in [2.05, 4.69) is 0 Å². The first-order valence-corrected chi connectivity index (χ1v) is 2.20. The lowest BCUT2D eigenvalue weighted by Gasteiger charge is -1.56. The van der Waals surface area contributed by atoms with Crippen LogP contribution in [0, 0.1) is 0 Å². The van der Waals surface area contributed by atoms with Crippen molar-refractivity contribution in [3.8, 4) is 0 Å². The Labute approximate surface area is 46.7 Å². The van der Waals surface area contributed by atoms with Crippen LogP contribution in [0.4, 0.5) is 0 Å². The van der Waals surface area contributed by atoms with Crippen molar-refractivity contribution in [1.29, 1.82) is 0 Å². The van der Waals surface area contributed by atoms with E-state index in [0.717, 1.165) is 0 Å². The minimum atomic E-state index is 0. The normalized spacial score (nSPS) is 4.57. The molecule has 0 N–H and O–H groups in total. The van der Waals surface area contributed by atoms with Gasteiger partial charge in [0.2, 0.25) is 0 Å². The summed E-state index contributed by atoms with van der Waals surface area (Å²) in [6.45, 7) is 7.06. The van der Waals surface area contributed by atoms with Crippen molar-refractivity contribution in [2.24, 2.45) is 0 Å². The summed E-state index contributed by atoms with van der Waals surface area (Å²) in [5, 5.41) is 0. The molecule has 0 aliphatic carbocycles. The molecule has 0 atom stereocenters. The first kappa shape index (κ1) is 15.9. The van der Waals surface area contributed by atoms with Crippen LogP contribution in [-0.2, 0) is 4.79 Å². The Bertz CT molecular complexity index is 27.2. The van der Waals surface area contributed by atoms with Crippen molar-refractivity contribution in [3.63, 3.8) is 0 Å². The van der Waals surface area contributed by atoms with Gasteiger partial charge in [0.25, 0.3) is 0 Å². The van der Waals surface area contributed by atoms with Gasteiger partial charge in [-0.25, -0.2) is 0 Å². The van der Waals surface area contributed by atoms with Crippen molar-refractivity contribution in [2.45, 2.75) is 35.1 Å². The van der Waals surface area contributed by atoms with Gasteiger partial charge in [0.1, 0.15) is 5.78 Å². The summed E-state index contributed by atoms with van der Waals surface area (Å²) in [4.78, 5) is 9.44. The van der Waals surface area contributed by atoms with Crippen LogP contribution in [0.2, 0.25) is 0 Å². The quantitative estimate of drug-likeness (QED) is 0.460. The molecule has 1 nitrogen and oxygen atoms in total. The van der Waals surface area contributed by atoms with Crippen LogP contribution in [0.25, 0.3) is 0 Å². The molecule has 0 rings (SSSR count). The molecule has 0 radical (unpaired) electrons. The smallest absolute Gasteiger partial charge is 0.126 e. The van der Waals surface area contributed by atoms with Crippen LogP contribution in [0.3, 0.4) is 0 Å². The zero-order chi connectivity index (χ0) is 5.58. The number of carbonyl (C=O) groups excluding carboxylic acids is 1. The van der Waals surface area contributed by atoms with E-state index in [1.807, 2.05) is 13.8 Å². The molecular formula is C6H16O. The van der Waals surface area contributed by atoms with Gasteiger partial charge in [-0.05, 0) is 13.8 Å². The number of carbonyl (C=O) groups is 1. The number of hydrogen-bond acceptors (Lipinski definition) is 1. The predicted octanol–water partition coefficient (Wildman–Crippen LogP) is 2.26.